The molecule has 0 aliphatic rings. The number of nitrogens with one attached hydrogen (secondary N) is 2. The molecular weight excluding hydrogens is 352 g/mol. The number of anilines is 2. The number of hydrogen-bond acceptors (Lipinski definition) is 3. The van der Waals surface area contributed by atoms with Gasteiger partial charge >= 0.3 is 0 Å². The Morgan fingerprint density at radius 1 is 1.00 bits per heavy atom. The number of H-pyrrole nitrogens is 1. The minimum absolute atomic E-state index is 0.00449. The van der Waals surface area contributed by atoms with Crippen molar-refractivity contribution in [1.82, 2.24) is 10.3 Å². The van der Waals surface area contributed by atoms with Crippen LogP contribution in [0.2, 0.25) is 0 Å². The van der Waals surface area contributed by atoms with E-state index >= 15 is 0 Å². The first kappa shape index (κ1) is 19.5. The Kier molecular flexibility index (Phi) is 5.99. The molecule has 1 aromatic heterocycles. The number of fused-ring (bicyclic) bond motifs is 1. The summed E-state index contributed by atoms with van der Waals surface area (Å²) in [5.41, 5.74) is 4.01. The average molecular weight is 378 g/mol. The molecule has 0 aliphatic heterocycles. The van der Waals surface area contributed by atoms with E-state index in [1.165, 1.54) is 22.8 Å². The summed E-state index contributed by atoms with van der Waals surface area (Å²) in [6.07, 6.45) is 2.71. The lowest BCUT2D eigenvalue weighted by molar-refractivity contribution is -0.123. The van der Waals surface area contributed by atoms with Crippen LogP contribution in [0.5, 0.6) is 0 Å². The summed E-state index contributed by atoms with van der Waals surface area (Å²) in [6.45, 7) is 2.00. The highest BCUT2D eigenvalue weighted by molar-refractivity contribution is 5.97. The summed E-state index contributed by atoms with van der Waals surface area (Å²) in [6, 6.07) is 15.7. The average Bonchev–Trinajstić information content (AvgIpc) is 3.09. The Labute approximate surface area is 165 Å². The Balaban J connectivity index is 1.57. The van der Waals surface area contributed by atoms with E-state index in [9.17, 15) is 9.59 Å². The number of amides is 2. The molecule has 0 radical (unpaired) electrons. The molecule has 3 rings (SSSR count). The van der Waals surface area contributed by atoms with Crippen molar-refractivity contribution in [1.29, 1.82) is 0 Å². The van der Waals surface area contributed by atoms with Gasteiger partial charge in [0.2, 0.25) is 11.8 Å². The van der Waals surface area contributed by atoms with Crippen molar-refractivity contribution in [3.05, 3.63) is 60.3 Å². The van der Waals surface area contributed by atoms with Crippen LogP contribution in [0.25, 0.3) is 10.9 Å². The van der Waals surface area contributed by atoms with Crippen molar-refractivity contribution in [3.63, 3.8) is 0 Å². The monoisotopic (exact) mass is 378 g/mol. The fraction of sp³-hybridized carbons (Fsp3) is 0.273. The predicted octanol–water partition coefficient (Wildman–Crippen LogP) is 2.95. The number of hydrogen-bond donors (Lipinski definition) is 2. The Morgan fingerprint density at radius 3 is 2.36 bits per heavy atom. The molecule has 0 spiro atoms. The van der Waals surface area contributed by atoms with Gasteiger partial charge in [-0.1, -0.05) is 18.2 Å². The molecule has 2 aromatic carbocycles. The van der Waals surface area contributed by atoms with Crippen LogP contribution in [-0.4, -0.2) is 44.0 Å². The SMILES string of the molecule is CC(=O)N(CC(=O)NCCc1c[nH]c2ccccc12)c1ccc(N(C)C)cc1. The first-order valence-corrected chi connectivity index (χ1v) is 9.33. The van der Waals surface area contributed by atoms with E-state index in [2.05, 4.69) is 16.4 Å². The largest absolute Gasteiger partial charge is 0.378 e. The molecule has 0 fully saturated rings. The molecule has 6 heteroatoms. The van der Waals surface area contributed by atoms with Gasteiger partial charge in [0.25, 0.3) is 0 Å². The molecule has 2 amide bonds. The zero-order valence-corrected chi connectivity index (χ0v) is 16.5. The first-order valence-electron chi connectivity index (χ1n) is 9.33. The Morgan fingerprint density at radius 2 is 1.68 bits per heavy atom. The molecule has 0 bridgehead atoms. The topological polar surface area (TPSA) is 68.4 Å². The van der Waals surface area contributed by atoms with Crippen molar-refractivity contribution < 1.29 is 9.59 Å². The molecule has 28 heavy (non-hydrogen) atoms. The number of carbonyl (C=O) groups excluding carboxylic acids is 2. The smallest absolute Gasteiger partial charge is 0.240 e. The van der Waals surface area contributed by atoms with Gasteiger partial charge in [0.1, 0.15) is 6.54 Å². The summed E-state index contributed by atoms with van der Waals surface area (Å²) in [5.74, 6) is -0.337. The number of rotatable bonds is 7. The van der Waals surface area contributed by atoms with Crippen LogP contribution in [0.3, 0.4) is 0 Å². The van der Waals surface area contributed by atoms with Gasteiger partial charge in [0, 0.05) is 56.0 Å². The van der Waals surface area contributed by atoms with Gasteiger partial charge in [0.05, 0.1) is 0 Å². The molecule has 0 saturated heterocycles. The lowest BCUT2D eigenvalue weighted by Crippen LogP contribution is -2.40. The minimum Gasteiger partial charge on any atom is -0.378 e. The second-order valence-electron chi connectivity index (χ2n) is 6.98. The standard InChI is InChI=1S/C22H26N4O2/c1-16(27)26(19-10-8-18(9-11-19)25(2)3)15-22(28)23-13-12-17-14-24-21-7-5-4-6-20(17)21/h4-11,14,24H,12-13,15H2,1-3H3,(H,23,28). The third kappa shape index (κ3) is 4.52. The van der Waals surface area contributed by atoms with Crippen LogP contribution in [0.15, 0.2) is 54.7 Å². The van der Waals surface area contributed by atoms with Crippen LogP contribution in [0.1, 0.15) is 12.5 Å². The second kappa shape index (κ2) is 8.61. The molecule has 2 N–H and O–H groups in total. The summed E-state index contributed by atoms with van der Waals surface area (Å²) in [5, 5.41) is 4.08. The summed E-state index contributed by atoms with van der Waals surface area (Å²) < 4.78 is 0. The summed E-state index contributed by atoms with van der Waals surface area (Å²) >= 11 is 0. The maximum Gasteiger partial charge on any atom is 0.240 e. The van der Waals surface area contributed by atoms with Crippen LogP contribution in [-0.2, 0) is 16.0 Å². The maximum absolute atomic E-state index is 12.4. The molecule has 0 atom stereocenters. The maximum atomic E-state index is 12.4. The number of nitrogens with zero attached hydrogens (tertiary/aromatic N) is 2. The van der Waals surface area contributed by atoms with Crippen LogP contribution in [0, 0.1) is 0 Å². The minimum atomic E-state index is -0.174. The lowest BCUT2D eigenvalue weighted by Gasteiger charge is -2.22. The highest BCUT2D eigenvalue weighted by Crippen LogP contribution is 2.20. The molecule has 1 heterocycles. The summed E-state index contributed by atoms with van der Waals surface area (Å²) in [7, 11) is 3.91. The van der Waals surface area contributed by atoms with E-state index in [0.717, 1.165) is 17.6 Å². The number of carbonyl (C=O) groups is 2. The number of para-hydroxylation sites is 1. The van der Waals surface area contributed by atoms with Crippen molar-refractivity contribution in [2.24, 2.45) is 0 Å². The van der Waals surface area contributed by atoms with Gasteiger partial charge in [0.15, 0.2) is 0 Å². The van der Waals surface area contributed by atoms with Crippen molar-refractivity contribution >= 4 is 34.1 Å². The van der Waals surface area contributed by atoms with E-state index in [1.54, 1.807) is 0 Å². The van der Waals surface area contributed by atoms with Gasteiger partial charge in [-0.05, 0) is 42.3 Å². The Hall–Kier alpha value is -3.28. The summed E-state index contributed by atoms with van der Waals surface area (Å²) in [4.78, 5) is 31.1. The van der Waals surface area contributed by atoms with Crippen LogP contribution >= 0.6 is 0 Å². The van der Waals surface area contributed by atoms with Crippen molar-refractivity contribution in [2.45, 2.75) is 13.3 Å². The molecule has 3 aromatic rings. The van der Waals surface area contributed by atoms with E-state index in [-0.39, 0.29) is 18.4 Å². The quantitative estimate of drug-likeness (QED) is 0.664. The fourth-order valence-corrected chi connectivity index (χ4v) is 3.19. The lowest BCUT2D eigenvalue weighted by atomic mass is 10.1. The van der Waals surface area contributed by atoms with Gasteiger partial charge in [-0.15, -0.1) is 0 Å². The number of benzene rings is 2. The number of aromatic nitrogens is 1. The zero-order valence-electron chi connectivity index (χ0n) is 16.5. The van der Waals surface area contributed by atoms with Crippen molar-refractivity contribution in [2.75, 3.05) is 37.0 Å². The normalized spacial score (nSPS) is 10.7. The van der Waals surface area contributed by atoms with E-state index < -0.39 is 0 Å². The first-order chi connectivity index (χ1) is 13.5. The third-order valence-electron chi connectivity index (χ3n) is 4.75. The highest BCUT2D eigenvalue weighted by Gasteiger charge is 2.16. The van der Waals surface area contributed by atoms with Gasteiger partial charge in [-0.25, -0.2) is 0 Å². The van der Waals surface area contributed by atoms with Crippen LogP contribution in [0.4, 0.5) is 11.4 Å². The zero-order chi connectivity index (χ0) is 20.1. The molecular formula is C22H26N4O2. The third-order valence-corrected chi connectivity index (χ3v) is 4.75. The molecule has 146 valence electrons. The van der Waals surface area contributed by atoms with E-state index in [0.29, 0.717) is 12.2 Å². The molecule has 0 aliphatic carbocycles. The number of aromatic amines is 1. The van der Waals surface area contributed by atoms with E-state index in [1.807, 2.05) is 67.7 Å². The highest BCUT2D eigenvalue weighted by atomic mass is 16.2. The fourth-order valence-electron chi connectivity index (χ4n) is 3.19. The molecule has 0 saturated carbocycles. The van der Waals surface area contributed by atoms with Crippen LogP contribution < -0.4 is 15.1 Å². The van der Waals surface area contributed by atoms with E-state index in [4.69, 9.17) is 0 Å². The van der Waals surface area contributed by atoms with Gasteiger partial charge in [-0.3, -0.25) is 9.59 Å². The Bertz CT molecular complexity index is 960. The van der Waals surface area contributed by atoms with Gasteiger partial charge in [-0.2, -0.15) is 0 Å². The molecule has 0 unspecified atom stereocenters. The second-order valence-corrected chi connectivity index (χ2v) is 6.98. The molecule has 6 nitrogen and oxygen atoms in total. The predicted molar refractivity (Wildman–Crippen MR) is 114 cm³/mol. The van der Waals surface area contributed by atoms with Gasteiger partial charge < -0.3 is 20.1 Å². The van der Waals surface area contributed by atoms with Crippen molar-refractivity contribution in [3.8, 4) is 0 Å².